The van der Waals surface area contributed by atoms with E-state index in [9.17, 15) is 0 Å². The molecule has 0 amide bonds. The Balaban J connectivity index is 0.000000107. The third kappa shape index (κ3) is 12.5. The average molecular weight is 1700 g/mol. The minimum Gasteiger partial charge on any atom is -0.309 e. The summed E-state index contributed by atoms with van der Waals surface area (Å²) in [7, 11) is 0. The fourth-order valence-electron chi connectivity index (χ4n) is 22.6. The lowest BCUT2D eigenvalue weighted by Gasteiger charge is -2.23. The van der Waals surface area contributed by atoms with Gasteiger partial charge in [-0.3, -0.25) is 0 Å². The number of pyridine rings is 1. The second-order valence-corrected chi connectivity index (χ2v) is 37.3. The van der Waals surface area contributed by atoms with E-state index in [1.807, 2.05) is 24.3 Å². The number of hydrogen-bond acceptors (Lipinski definition) is 3. The monoisotopic (exact) mass is 1700 g/mol. The summed E-state index contributed by atoms with van der Waals surface area (Å²) in [5.41, 5.74) is 42.2. The highest BCUT2D eigenvalue weighted by Crippen LogP contribution is 2.57. The van der Waals surface area contributed by atoms with E-state index < -0.39 is 0 Å². The van der Waals surface area contributed by atoms with Crippen LogP contribution in [0.2, 0.25) is 0 Å². The maximum absolute atomic E-state index is 5.09. The third-order valence-electron chi connectivity index (χ3n) is 28.7. The van der Waals surface area contributed by atoms with Gasteiger partial charge in [-0.25, -0.2) is 15.0 Å². The molecule has 0 radical (unpaired) electrons. The van der Waals surface area contributed by atoms with Gasteiger partial charge in [0.15, 0.2) is 5.82 Å². The summed E-state index contributed by atoms with van der Waals surface area (Å²) in [6, 6.07) is 160. The van der Waals surface area contributed by atoms with E-state index in [-0.39, 0.29) is 16.2 Å². The van der Waals surface area contributed by atoms with Crippen LogP contribution in [0.3, 0.4) is 0 Å². The number of benzene rings is 18. The van der Waals surface area contributed by atoms with Crippen LogP contribution in [0.4, 0.5) is 0 Å². The molecule has 7 nitrogen and oxygen atoms in total. The van der Waals surface area contributed by atoms with Crippen molar-refractivity contribution in [3.63, 3.8) is 0 Å². The van der Waals surface area contributed by atoms with Crippen molar-refractivity contribution in [3.05, 3.63) is 476 Å². The van der Waals surface area contributed by atoms with E-state index in [4.69, 9.17) is 15.0 Å². The highest BCUT2D eigenvalue weighted by molar-refractivity contribution is 6.17. The first-order valence-electron chi connectivity index (χ1n) is 46.2. The zero-order valence-electron chi connectivity index (χ0n) is 74.8. The quantitative estimate of drug-likeness (QED) is 0.137. The van der Waals surface area contributed by atoms with Gasteiger partial charge in [-0.1, -0.05) is 375 Å². The molecular weight excluding hydrogens is 1610 g/mol. The minimum absolute atomic E-state index is 0.0968. The summed E-state index contributed by atoms with van der Waals surface area (Å²) in [5, 5.41) is 10.3. The van der Waals surface area contributed by atoms with Crippen molar-refractivity contribution < 1.29 is 0 Å². The number of fused-ring (bicyclic) bond motifs is 24. The summed E-state index contributed by atoms with van der Waals surface area (Å²) >= 11 is 0. The lowest BCUT2D eigenvalue weighted by atomic mass is 9.81. The second kappa shape index (κ2) is 30.8. The average Bonchev–Trinajstić information content (AvgIpc) is 1.54. The summed E-state index contributed by atoms with van der Waals surface area (Å²) in [6.45, 7) is 14.2. The molecule has 18 aromatic carbocycles. The molecule has 0 saturated heterocycles. The van der Waals surface area contributed by atoms with Crippen molar-refractivity contribution >= 4 is 87.2 Å². The predicted octanol–water partition coefficient (Wildman–Crippen LogP) is 32.6. The van der Waals surface area contributed by atoms with Crippen LogP contribution >= 0.6 is 0 Å². The first kappa shape index (κ1) is 78.6. The Morgan fingerprint density at radius 3 is 0.744 bits per heavy atom. The Morgan fingerprint density at radius 1 is 0.173 bits per heavy atom. The van der Waals surface area contributed by atoms with Crippen molar-refractivity contribution in [2.45, 2.75) is 57.8 Å². The highest BCUT2D eigenvalue weighted by atomic mass is 15.0. The first-order chi connectivity index (χ1) is 65.3. The number of para-hydroxylation sites is 5. The lowest BCUT2D eigenvalue weighted by molar-refractivity contribution is 0.663. The molecule has 27 rings (SSSR count). The number of hydrogen-bond donors (Lipinski definition) is 0. The van der Waals surface area contributed by atoms with Gasteiger partial charge in [0.1, 0.15) is 0 Å². The van der Waals surface area contributed by atoms with Gasteiger partial charge >= 0.3 is 0 Å². The molecule has 0 unspecified atom stereocenters. The number of nitrogens with zero attached hydrogens (tertiary/aromatic N) is 7. The summed E-state index contributed by atoms with van der Waals surface area (Å²) in [6.07, 6.45) is 0. The van der Waals surface area contributed by atoms with Gasteiger partial charge in [0.2, 0.25) is 0 Å². The maximum Gasteiger partial charge on any atom is 0.160 e. The van der Waals surface area contributed by atoms with Crippen molar-refractivity contribution in [3.8, 4) is 124 Å². The lowest BCUT2D eigenvalue weighted by Crippen LogP contribution is -2.16. The predicted molar refractivity (Wildman–Crippen MR) is 555 cm³/mol. The molecule has 3 aliphatic rings. The topological polar surface area (TPSA) is 58.4 Å². The third-order valence-corrected chi connectivity index (χ3v) is 28.7. The van der Waals surface area contributed by atoms with E-state index in [1.54, 1.807) is 0 Å². The molecule has 0 aliphatic heterocycles. The first-order valence-corrected chi connectivity index (χ1v) is 46.2. The van der Waals surface area contributed by atoms with Gasteiger partial charge in [0.05, 0.1) is 66.9 Å². The van der Waals surface area contributed by atoms with Crippen LogP contribution in [-0.4, -0.2) is 33.2 Å². The van der Waals surface area contributed by atoms with Gasteiger partial charge < -0.3 is 18.3 Å². The highest BCUT2D eigenvalue weighted by Gasteiger charge is 2.42. The Kier molecular flexibility index (Phi) is 18.2. The van der Waals surface area contributed by atoms with Gasteiger partial charge in [-0.2, -0.15) is 0 Å². The van der Waals surface area contributed by atoms with E-state index >= 15 is 0 Å². The molecule has 0 spiro atoms. The van der Waals surface area contributed by atoms with E-state index in [0.717, 1.165) is 67.5 Å². The summed E-state index contributed by atoms with van der Waals surface area (Å²) < 4.78 is 9.82. The zero-order chi connectivity index (χ0) is 89.0. The fourth-order valence-corrected chi connectivity index (χ4v) is 22.6. The minimum atomic E-state index is -0.128. The maximum atomic E-state index is 5.09. The molecule has 0 bridgehead atoms. The van der Waals surface area contributed by atoms with Crippen molar-refractivity contribution in [2.24, 2.45) is 0 Å². The standard InChI is InChI=1S/C44H32N2.C43H31N3.C39H28N2/c1-44(2)38-19-11-9-17-34(38)36-25-26-37-35-18-10-12-20-41(35)46(43(37)42(36)44)33-23-21-29(22-24-33)32-27-39(30-13-5-3-6-14-30)45-40(28-32)31-15-7-4-8-16-31;1-43(2)36-19-11-9-17-32(36)34-25-26-35-33-18-10-12-20-39(33)46(41(35)40(34)43)31-23-21-30(22-24-31)42-44-37(28-13-5-3-6-14-28)27-38(45-42)29-15-7-4-8-16-29;1-39(2)33-15-7-3-11-27(33)31-23-24-32-30-14-6-10-18-36(30)41(38(32)37(31)39)26-21-19-25(20-22-26)40-34-16-8-4-12-28(34)29-13-5-9-17-35(29)40/h3-28H,1-2H3;3-27H,1-2H3;3-24H,1-2H3. The Morgan fingerprint density at radius 2 is 0.421 bits per heavy atom. The molecular formula is C126H91N7. The van der Waals surface area contributed by atoms with Crippen LogP contribution in [0.5, 0.6) is 0 Å². The molecule has 6 heterocycles. The van der Waals surface area contributed by atoms with Crippen LogP contribution in [0, 0.1) is 0 Å². The Bertz CT molecular complexity index is 8270. The van der Waals surface area contributed by atoms with Crippen LogP contribution in [0.15, 0.2) is 443 Å². The fraction of sp³-hybridized carbons (Fsp3) is 0.0714. The molecule has 0 fully saturated rings. The number of rotatable bonds is 10. The van der Waals surface area contributed by atoms with E-state index in [0.29, 0.717) is 5.82 Å². The molecule has 6 aromatic heterocycles. The largest absolute Gasteiger partial charge is 0.309 e. The molecule has 0 N–H and O–H groups in total. The molecule has 133 heavy (non-hydrogen) atoms. The number of aromatic nitrogens is 7. The van der Waals surface area contributed by atoms with Crippen LogP contribution in [0.1, 0.15) is 74.9 Å². The molecule has 0 saturated carbocycles. The van der Waals surface area contributed by atoms with E-state index in [2.05, 4.69) is 478 Å². The van der Waals surface area contributed by atoms with Crippen LogP contribution in [-0.2, 0) is 16.2 Å². The van der Waals surface area contributed by atoms with Crippen molar-refractivity contribution in [2.75, 3.05) is 0 Å². The molecule has 7 heteroatoms. The van der Waals surface area contributed by atoms with Crippen molar-refractivity contribution in [1.82, 2.24) is 33.2 Å². The summed E-state index contributed by atoms with van der Waals surface area (Å²) in [5.74, 6) is 0.714. The molecule has 24 aromatic rings. The Labute approximate surface area is 772 Å². The zero-order valence-corrected chi connectivity index (χ0v) is 74.8. The van der Waals surface area contributed by atoms with Gasteiger partial charge in [-0.15, -0.1) is 0 Å². The van der Waals surface area contributed by atoms with E-state index in [1.165, 1.54) is 171 Å². The molecule has 0 atom stereocenters. The smallest absolute Gasteiger partial charge is 0.160 e. The summed E-state index contributed by atoms with van der Waals surface area (Å²) in [4.78, 5) is 15.2. The van der Waals surface area contributed by atoms with Gasteiger partial charge in [0, 0.05) is 110 Å². The van der Waals surface area contributed by atoms with Crippen LogP contribution in [0.25, 0.3) is 211 Å². The normalized spacial score (nSPS) is 13.4. The van der Waals surface area contributed by atoms with Gasteiger partial charge in [0.25, 0.3) is 0 Å². The van der Waals surface area contributed by atoms with Crippen LogP contribution < -0.4 is 0 Å². The van der Waals surface area contributed by atoms with Crippen molar-refractivity contribution in [1.29, 1.82) is 0 Å². The van der Waals surface area contributed by atoms with Gasteiger partial charge in [-0.05, 0) is 187 Å². The second-order valence-electron chi connectivity index (χ2n) is 37.3. The Hall–Kier alpha value is -16.6. The SMILES string of the molecule is CC1(C)c2ccccc2-c2ccc3c4ccccc4n(-c4ccc(-c5cc(-c6ccccc6)nc(-c6ccccc6)c5)cc4)c3c21.CC1(C)c2ccccc2-c2ccc3c4ccccc4n(-c4ccc(-c5nc(-c6ccccc6)cc(-c6ccccc6)n5)cc4)c3c21.CC1(C)c2ccccc2-c2ccc3c4ccccc4n(-c4ccc(-n5c6ccccc6c6ccccc65)cc4)c3c21. The molecule has 3 aliphatic carbocycles. The molecule has 630 valence electrons.